The van der Waals surface area contributed by atoms with Crippen molar-refractivity contribution in [3.05, 3.63) is 58.6 Å². The average Bonchev–Trinajstić information content (AvgIpc) is 2.46. The quantitative estimate of drug-likeness (QED) is 0.810. The average molecular weight is 368 g/mol. The van der Waals surface area contributed by atoms with Crippen LogP contribution in [0, 0.1) is 6.92 Å². The van der Waals surface area contributed by atoms with Crippen LogP contribution >= 0.6 is 11.6 Å². The fourth-order valence-electron chi connectivity index (χ4n) is 1.99. The molecule has 0 saturated carbocycles. The van der Waals surface area contributed by atoms with Crippen molar-refractivity contribution in [1.82, 2.24) is 0 Å². The van der Waals surface area contributed by atoms with Gasteiger partial charge in [-0.3, -0.25) is 4.72 Å². The van der Waals surface area contributed by atoms with E-state index in [-0.39, 0.29) is 16.0 Å². The maximum Gasteiger partial charge on any atom is 0.338 e. The molecule has 0 aromatic heterocycles. The van der Waals surface area contributed by atoms with Gasteiger partial charge in [0.05, 0.1) is 16.7 Å². The molecule has 0 aliphatic heterocycles. The minimum atomic E-state index is -3.81. The third kappa shape index (κ3) is 4.49. The number of esters is 1. The van der Waals surface area contributed by atoms with E-state index >= 15 is 0 Å². The Morgan fingerprint density at radius 2 is 1.75 bits per heavy atom. The van der Waals surface area contributed by atoms with Gasteiger partial charge in [-0.15, -0.1) is 0 Å². The second-order valence-electron chi connectivity index (χ2n) is 5.57. The third-order valence-electron chi connectivity index (χ3n) is 3.09. The maximum absolute atomic E-state index is 12.4. The van der Waals surface area contributed by atoms with Crippen LogP contribution in [0.15, 0.2) is 47.4 Å². The number of carbonyl (C=O) groups excluding carboxylic acids is 1. The number of hydrogen-bond acceptors (Lipinski definition) is 4. The molecular weight excluding hydrogens is 350 g/mol. The van der Waals surface area contributed by atoms with Gasteiger partial charge < -0.3 is 4.74 Å². The molecule has 0 spiro atoms. The van der Waals surface area contributed by atoms with E-state index in [4.69, 9.17) is 16.3 Å². The summed E-state index contributed by atoms with van der Waals surface area (Å²) in [7, 11) is -3.81. The van der Waals surface area contributed by atoms with Gasteiger partial charge in [-0.25, -0.2) is 13.2 Å². The lowest BCUT2D eigenvalue weighted by Crippen LogP contribution is -2.14. The van der Waals surface area contributed by atoms with E-state index < -0.39 is 16.0 Å². The van der Waals surface area contributed by atoms with Crippen molar-refractivity contribution in [2.24, 2.45) is 0 Å². The van der Waals surface area contributed by atoms with Gasteiger partial charge in [0.25, 0.3) is 10.0 Å². The molecule has 5 nitrogen and oxygen atoms in total. The Balaban J connectivity index is 2.20. The van der Waals surface area contributed by atoms with Crippen molar-refractivity contribution >= 4 is 33.3 Å². The second kappa shape index (κ2) is 7.23. The van der Waals surface area contributed by atoms with Crippen LogP contribution in [0.25, 0.3) is 0 Å². The number of halogens is 1. The molecule has 2 rings (SSSR count). The Labute approximate surface area is 146 Å². The number of benzene rings is 2. The lowest BCUT2D eigenvalue weighted by atomic mass is 10.2. The fraction of sp³-hybridized carbons (Fsp3) is 0.235. The number of sulfonamides is 1. The molecule has 0 aliphatic rings. The van der Waals surface area contributed by atoms with Crippen LogP contribution in [0.2, 0.25) is 5.02 Å². The van der Waals surface area contributed by atoms with Gasteiger partial charge in [0, 0.05) is 5.69 Å². The number of anilines is 1. The zero-order valence-electron chi connectivity index (χ0n) is 13.5. The highest BCUT2D eigenvalue weighted by atomic mass is 35.5. The summed E-state index contributed by atoms with van der Waals surface area (Å²) in [5.74, 6) is -0.457. The number of carbonyl (C=O) groups is 1. The highest BCUT2D eigenvalue weighted by molar-refractivity contribution is 7.92. The summed E-state index contributed by atoms with van der Waals surface area (Å²) in [6.07, 6.45) is -0.223. The highest BCUT2D eigenvalue weighted by Gasteiger charge is 2.18. The first-order valence-electron chi connectivity index (χ1n) is 7.29. The Hall–Kier alpha value is -2.05. The van der Waals surface area contributed by atoms with Gasteiger partial charge in [0.1, 0.15) is 4.90 Å². The molecule has 0 amide bonds. The van der Waals surface area contributed by atoms with Gasteiger partial charge in [-0.05, 0) is 62.7 Å². The van der Waals surface area contributed by atoms with E-state index in [1.54, 1.807) is 26.0 Å². The van der Waals surface area contributed by atoms with Crippen LogP contribution in [0.5, 0.6) is 0 Å². The van der Waals surface area contributed by atoms with E-state index in [1.165, 1.54) is 30.3 Å². The number of aryl methyl sites for hydroxylation is 1. The van der Waals surface area contributed by atoms with Crippen LogP contribution in [0.1, 0.15) is 29.8 Å². The lowest BCUT2D eigenvalue weighted by molar-refractivity contribution is 0.0378. The normalized spacial score (nSPS) is 11.4. The van der Waals surface area contributed by atoms with E-state index in [1.807, 2.05) is 6.92 Å². The van der Waals surface area contributed by atoms with Crippen LogP contribution in [0.3, 0.4) is 0 Å². The minimum absolute atomic E-state index is 0.00180. The lowest BCUT2D eigenvalue weighted by Gasteiger charge is -2.11. The van der Waals surface area contributed by atoms with Gasteiger partial charge in [0.2, 0.25) is 0 Å². The molecule has 0 heterocycles. The van der Waals surface area contributed by atoms with E-state index in [0.29, 0.717) is 11.3 Å². The summed E-state index contributed by atoms with van der Waals surface area (Å²) in [5, 5.41) is 0.152. The van der Waals surface area contributed by atoms with Crippen LogP contribution < -0.4 is 4.72 Å². The summed E-state index contributed by atoms with van der Waals surface area (Å²) in [4.78, 5) is 11.8. The summed E-state index contributed by atoms with van der Waals surface area (Å²) < 4.78 is 32.3. The number of nitrogens with one attached hydrogen (secondary N) is 1. The molecular formula is C17H18ClNO4S. The molecule has 0 atom stereocenters. The van der Waals surface area contributed by atoms with Crippen LogP contribution in [0.4, 0.5) is 5.69 Å². The Kier molecular flexibility index (Phi) is 5.51. The first-order valence-corrected chi connectivity index (χ1v) is 9.15. The fourth-order valence-corrected chi connectivity index (χ4v) is 3.65. The largest absolute Gasteiger partial charge is 0.459 e. The van der Waals surface area contributed by atoms with Gasteiger partial charge in [-0.1, -0.05) is 17.7 Å². The molecule has 24 heavy (non-hydrogen) atoms. The molecule has 0 bridgehead atoms. The van der Waals surface area contributed by atoms with Crippen molar-refractivity contribution in [2.75, 3.05) is 4.72 Å². The van der Waals surface area contributed by atoms with Crippen molar-refractivity contribution in [2.45, 2.75) is 31.8 Å². The number of rotatable bonds is 5. The monoisotopic (exact) mass is 367 g/mol. The Bertz CT molecular complexity index is 845. The van der Waals surface area contributed by atoms with Crippen molar-refractivity contribution < 1.29 is 17.9 Å². The van der Waals surface area contributed by atoms with Crippen molar-refractivity contribution in [1.29, 1.82) is 0 Å². The minimum Gasteiger partial charge on any atom is -0.459 e. The zero-order chi connectivity index (χ0) is 17.9. The van der Waals surface area contributed by atoms with Crippen LogP contribution in [-0.4, -0.2) is 20.5 Å². The molecule has 2 aromatic rings. The number of ether oxygens (including phenoxy) is 1. The standard InChI is InChI=1S/C17H18ClNO4S/c1-11(2)23-17(20)13-5-7-14(8-6-13)19-24(21,22)16-9-4-12(3)10-15(16)18/h4-11,19H,1-3H3. The predicted octanol–water partition coefficient (Wildman–Crippen LogP) is 4.01. The first-order chi connectivity index (χ1) is 11.2. The van der Waals surface area contributed by atoms with Gasteiger partial charge in [-0.2, -0.15) is 0 Å². The zero-order valence-corrected chi connectivity index (χ0v) is 15.1. The topological polar surface area (TPSA) is 72.5 Å². The van der Waals surface area contributed by atoms with E-state index in [0.717, 1.165) is 5.56 Å². The highest BCUT2D eigenvalue weighted by Crippen LogP contribution is 2.25. The molecule has 0 aliphatic carbocycles. The Morgan fingerprint density at radius 3 is 2.29 bits per heavy atom. The van der Waals surface area contributed by atoms with Crippen molar-refractivity contribution in [3.8, 4) is 0 Å². The van der Waals surface area contributed by atoms with E-state index in [9.17, 15) is 13.2 Å². The van der Waals surface area contributed by atoms with Crippen LogP contribution in [-0.2, 0) is 14.8 Å². The van der Waals surface area contributed by atoms with Gasteiger partial charge >= 0.3 is 5.97 Å². The first kappa shape index (κ1) is 18.3. The molecule has 2 aromatic carbocycles. The molecule has 7 heteroatoms. The van der Waals surface area contributed by atoms with E-state index in [2.05, 4.69) is 4.72 Å². The molecule has 0 unspecified atom stereocenters. The Morgan fingerprint density at radius 1 is 1.12 bits per heavy atom. The second-order valence-corrected chi connectivity index (χ2v) is 7.63. The smallest absolute Gasteiger partial charge is 0.338 e. The maximum atomic E-state index is 12.4. The summed E-state index contributed by atoms with van der Waals surface area (Å²) in [6.45, 7) is 5.34. The molecule has 1 N–H and O–H groups in total. The van der Waals surface area contributed by atoms with Gasteiger partial charge in [0.15, 0.2) is 0 Å². The molecule has 0 saturated heterocycles. The van der Waals surface area contributed by atoms with Crippen molar-refractivity contribution in [3.63, 3.8) is 0 Å². The molecule has 128 valence electrons. The molecule has 0 radical (unpaired) electrons. The molecule has 0 fully saturated rings. The summed E-state index contributed by atoms with van der Waals surface area (Å²) in [6, 6.07) is 10.7. The predicted molar refractivity (Wildman–Crippen MR) is 94.0 cm³/mol. The summed E-state index contributed by atoms with van der Waals surface area (Å²) in [5.41, 5.74) is 1.54. The number of hydrogen-bond donors (Lipinski definition) is 1. The summed E-state index contributed by atoms with van der Waals surface area (Å²) >= 11 is 6.02. The third-order valence-corrected chi connectivity index (χ3v) is 4.96. The SMILES string of the molecule is Cc1ccc(S(=O)(=O)Nc2ccc(C(=O)OC(C)C)cc2)c(Cl)c1.